The zero-order valence-corrected chi connectivity index (χ0v) is 26.3. The number of carbonyl (C=O) groups excluding carboxylic acids is 1. The third-order valence-corrected chi connectivity index (χ3v) is 10.1. The minimum Gasteiger partial charge on any atom is -0.362 e. The number of hydrogen-bond acceptors (Lipinski definition) is 6. The third-order valence-electron chi connectivity index (χ3n) is 9.44. The second kappa shape index (κ2) is 12.1. The Kier molecular flexibility index (Phi) is 8.28. The maximum absolute atomic E-state index is 13.4. The Hall–Kier alpha value is -3.36. The number of amides is 1. The van der Waals surface area contributed by atoms with Gasteiger partial charge in [-0.3, -0.25) is 14.7 Å². The zero-order chi connectivity index (χ0) is 29.3. The van der Waals surface area contributed by atoms with Gasteiger partial charge in [-0.2, -0.15) is 0 Å². The molecule has 218 valence electrons. The summed E-state index contributed by atoms with van der Waals surface area (Å²) in [7, 11) is 0. The molecule has 8 heteroatoms. The number of likely N-dealkylation sites (tertiary alicyclic amines) is 2. The van der Waals surface area contributed by atoms with Gasteiger partial charge in [-0.05, 0) is 70.2 Å². The number of aryl methyl sites for hydroxylation is 2. The molecule has 2 aliphatic rings. The molecule has 0 aliphatic carbocycles. The van der Waals surface area contributed by atoms with Crippen LogP contribution in [0.5, 0.6) is 0 Å². The Morgan fingerprint density at radius 1 is 0.929 bits per heavy atom. The van der Waals surface area contributed by atoms with E-state index in [4.69, 9.17) is 4.98 Å². The summed E-state index contributed by atoms with van der Waals surface area (Å²) in [6.07, 6.45) is 7.57. The fraction of sp³-hybridized carbons (Fsp3) is 0.412. The number of pyridine rings is 1. The summed E-state index contributed by atoms with van der Waals surface area (Å²) in [4.78, 5) is 34.0. The van der Waals surface area contributed by atoms with Crippen LogP contribution in [-0.2, 0) is 6.54 Å². The molecule has 2 aliphatic heterocycles. The van der Waals surface area contributed by atoms with E-state index in [-0.39, 0.29) is 11.4 Å². The van der Waals surface area contributed by atoms with Crippen LogP contribution in [0.15, 0.2) is 71.6 Å². The van der Waals surface area contributed by atoms with E-state index in [0.717, 1.165) is 85.2 Å². The van der Waals surface area contributed by atoms with Crippen molar-refractivity contribution in [3.63, 3.8) is 0 Å². The Labute approximate surface area is 257 Å². The minimum atomic E-state index is 0.0678. The van der Waals surface area contributed by atoms with Gasteiger partial charge < -0.3 is 9.80 Å². The van der Waals surface area contributed by atoms with Gasteiger partial charge >= 0.3 is 0 Å². The molecule has 2 aromatic carbocycles. The summed E-state index contributed by atoms with van der Waals surface area (Å²) in [6.45, 7) is 10.7. The lowest BCUT2D eigenvalue weighted by Crippen LogP contribution is -2.58. The second-order valence-electron chi connectivity index (χ2n) is 12.0. The molecule has 0 spiro atoms. The van der Waals surface area contributed by atoms with E-state index in [2.05, 4.69) is 91.2 Å². The molecular formula is C34H39BrN6O. The molecule has 1 amide bonds. The molecule has 4 heterocycles. The van der Waals surface area contributed by atoms with Crippen LogP contribution in [0.3, 0.4) is 0 Å². The Balaban J connectivity index is 1.17. The van der Waals surface area contributed by atoms with Crippen LogP contribution in [0.1, 0.15) is 59.9 Å². The van der Waals surface area contributed by atoms with Crippen molar-refractivity contribution in [1.82, 2.24) is 24.8 Å². The number of carbonyl (C=O) groups is 1. The van der Waals surface area contributed by atoms with E-state index in [9.17, 15) is 4.79 Å². The smallest absolute Gasteiger partial charge is 0.257 e. The van der Waals surface area contributed by atoms with Crippen molar-refractivity contribution in [3.05, 3.63) is 94.1 Å². The highest BCUT2D eigenvalue weighted by Crippen LogP contribution is 2.37. The first-order valence-electron chi connectivity index (χ1n) is 15.0. The monoisotopic (exact) mass is 626 g/mol. The summed E-state index contributed by atoms with van der Waals surface area (Å²) >= 11 is 3.74. The highest BCUT2D eigenvalue weighted by Gasteiger charge is 2.40. The van der Waals surface area contributed by atoms with Crippen molar-refractivity contribution in [2.45, 2.75) is 64.6 Å². The summed E-state index contributed by atoms with van der Waals surface area (Å²) in [5.41, 5.74) is 5.83. The number of hydrogen-bond donors (Lipinski definition) is 0. The van der Waals surface area contributed by atoms with Crippen LogP contribution in [0.2, 0.25) is 0 Å². The number of benzene rings is 2. The van der Waals surface area contributed by atoms with Crippen LogP contribution < -0.4 is 4.90 Å². The second-order valence-corrected chi connectivity index (χ2v) is 12.9. The molecule has 0 atom stereocenters. The minimum absolute atomic E-state index is 0.0678. The molecule has 4 aromatic rings. The molecule has 0 N–H and O–H groups in total. The molecule has 6 rings (SSSR count). The Morgan fingerprint density at radius 3 is 2.31 bits per heavy atom. The van der Waals surface area contributed by atoms with E-state index in [1.54, 1.807) is 0 Å². The molecule has 0 saturated carbocycles. The van der Waals surface area contributed by atoms with Crippen molar-refractivity contribution in [2.75, 3.05) is 31.1 Å². The van der Waals surface area contributed by atoms with Crippen molar-refractivity contribution in [3.8, 4) is 0 Å². The van der Waals surface area contributed by atoms with Gasteiger partial charge in [0, 0.05) is 60.4 Å². The lowest BCUT2D eigenvalue weighted by molar-refractivity contribution is 0.0170. The first-order valence-corrected chi connectivity index (χ1v) is 15.8. The zero-order valence-electron chi connectivity index (χ0n) is 24.8. The largest absolute Gasteiger partial charge is 0.362 e. The third kappa shape index (κ3) is 5.66. The maximum Gasteiger partial charge on any atom is 0.257 e. The number of piperidine rings is 2. The molecule has 0 radical (unpaired) electrons. The number of rotatable bonds is 6. The first-order chi connectivity index (χ1) is 20.3. The summed E-state index contributed by atoms with van der Waals surface area (Å²) in [5, 5.41) is 1.15. The van der Waals surface area contributed by atoms with E-state index < -0.39 is 0 Å². The standard InChI is InChI=1S/C34H39BrN6O/c1-24-31(25(2)38-23-37-24)33(42)39-20-15-34(3,16-21-39)40-18-13-27(14-19-40)41(22-26-8-5-4-6-9-26)30-12-11-29(35)28-10-7-17-36-32(28)30/h4-12,17,23,27H,13-16,18-22H2,1-3H3. The van der Waals surface area contributed by atoms with E-state index >= 15 is 0 Å². The summed E-state index contributed by atoms with van der Waals surface area (Å²) in [6, 6.07) is 19.7. The average Bonchev–Trinajstić information content (AvgIpc) is 3.01. The number of halogens is 1. The van der Waals surface area contributed by atoms with Crippen LogP contribution >= 0.6 is 15.9 Å². The SMILES string of the molecule is Cc1ncnc(C)c1C(=O)N1CCC(C)(N2CCC(N(Cc3ccccc3)c3ccc(Br)c4cccnc34)CC2)CC1. The number of nitrogens with zero attached hydrogens (tertiary/aromatic N) is 6. The maximum atomic E-state index is 13.4. The predicted octanol–water partition coefficient (Wildman–Crippen LogP) is 6.57. The van der Waals surface area contributed by atoms with Crippen LogP contribution in [-0.4, -0.2) is 68.4 Å². The Morgan fingerprint density at radius 2 is 1.62 bits per heavy atom. The van der Waals surface area contributed by atoms with E-state index in [1.807, 2.05) is 31.0 Å². The number of fused-ring (bicyclic) bond motifs is 1. The van der Waals surface area contributed by atoms with Crippen molar-refractivity contribution >= 4 is 38.4 Å². The molecule has 7 nitrogen and oxygen atoms in total. The van der Waals surface area contributed by atoms with Gasteiger partial charge in [-0.1, -0.05) is 52.3 Å². The van der Waals surface area contributed by atoms with Crippen molar-refractivity contribution in [2.24, 2.45) is 0 Å². The highest BCUT2D eigenvalue weighted by molar-refractivity contribution is 9.10. The van der Waals surface area contributed by atoms with Gasteiger partial charge in [0.15, 0.2) is 0 Å². The summed E-state index contributed by atoms with van der Waals surface area (Å²) in [5.74, 6) is 0.0678. The van der Waals surface area contributed by atoms with Gasteiger partial charge in [-0.25, -0.2) is 9.97 Å². The van der Waals surface area contributed by atoms with Crippen molar-refractivity contribution in [1.29, 1.82) is 0 Å². The molecule has 2 fully saturated rings. The predicted molar refractivity (Wildman–Crippen MR) is 172 cm³/mol. The number of aromatic nitrogens is 3. The number of anilines is 1. The fourth-order valence-electron chi connectivity index (χ4n) is 6.83. The van der Waals surface area contributed by atoms with Gasteiger partial charge in [0.1, 0.15) is 6.33 Å². The first kappa shape index (κ1) is 28.7. The normalized spacial score (nSPS) is 17.9. The van der Waals surface area contributed by atoms with Crippen LogP contribution in [0.25, 0.3) is 10.9 Å². The molecule has 2 saturated heterocycles. The highest BCUT2D eigenvalue weighted by atomic mass is 79.9. The average molecular weight is 628 g/mol. The lowest BCUT2D eigenvalue weighted by atomic mass is 9.85. The van der Waals surface area contributed by atoms with E-state index in [1.165, 1.54) is 17.6 Å². The van der Waals surface area contributed by atoms with Gasteiger partial charge in [0.2, 0.25) is 0 Å². The summed E-state index contributed by atoms with van der Waals surface area (Å²) < 4.78 is 1.08. The Bertz CT molecular complexity index is 1540. The van der Waals surface area contributed by atoms with Gasteiger partial charge in [-0.15, -0.1) is 0 Å². The van der Waals surface area contributed by atoms with Gasteiger partial charge in [0.05, 0.1) is 28.2 Å². The van der Waals surface area contributed by atoms with Crippen LogP contribution in [0.4, 0.5) is 5.69 Å². The lowest BCUT2D eigenvalue weighted by Gasteiger charge is -2.50. The van der Waals surface area contributed by atoms with E-state index in [0.29, 0.717) is 11.6 Å². The topological polar surface area (TPSA) is 65.5 Å². The molecule has 0 bridgehead atoms. The quantitative estimate of drug-likeness (QED) is 0.241. The van der Waals surface area contributed by atoms with Gasteiger partial charge in [0.25, 0.3) is 5.91 Å². The molecule has 42 heavy (non-hydrogen) atoms. The fourth-order valence-corrected chi connectivity index (χ4v) is 7.28. The molecule has 0 unspecified atom stereocenters. The van der Waals surface area contributed by atoms with Crippen molar-refractivity contribution < 1.29 is 4.79 Å². The molecular weight excluding hydrogens is 588 g/mol. The van der Waals surface area contributed by atoms with Crippen LogP contribution in [0, 0.1) is 13.8 Å². The molecule has 2 aromatic heterocycles.